The fraction of sp³-hybridized carbons (Fsp3) is 0.458. The number of aryl methyl sites for hydroxylation is 2. The normalized spacial score (nSPS) is 21.8. The predicted molar refractivity (Wildman–Crippen MR) is 124 cm³/mol. The number of nitrogens with two attached hydrogens (primary N) is 1. The lowest BCUT2D eigenvalue weighted by molar-refractivity contribution is 0.250. The number of urea groups is 1. The molecule has 6 nitrogen and oxygen atoms in total. The van der Waals surface area contributed by atoms with Crippen LogP contribution >= 0.6 is 0 Å². The van der Waals surface area contributed by atoms with Gasteiger partial charge < -0.3 is 10.2 Å². The highest BCUT2D eigenvalue weighted by atomic mass is 32.2. The Hall–Kier alpha value is -2.29. The van der Waals surface area contributed by atoms with E-state index in [1.807, 2.05) is 0 Å². The van der Waals surface area contributed by atoms with Gasteiger partial charge in [-0.15, -0.1) is 4.36 Å². The van der Waals surface area contributed by atoms with Crippen molar-refractivity contribution in [3.8, 4) is 0 Å². The Balaban J connectivity index is 1.40. The number of halogens is 1. The molecule has 1 fully saturated rings. The Kier molecular flexibility index (Phi) is 5.55. The molecule has 0 spiro atoms. The van der Waals surface area contributed by atoms with Crippen molar-refractivity contribution < 1.29 is 13.4 Å². The van der Waals surface area contributed by atoms with Gasteiger partial charge in [0.15, 0.2) is 0 Å². The van der Waals surface area contributed by atoms with Gasteiger partial charge in [0.1, 0.15) is 15.7 Å². The number of likely N-dealkylation sites (tertiary alicyclic amines) is 1. The molecular weight excluding hydrogens is 427 g/mol. The highest BCUT2D eigenvalue weighted by Gasteiger charge is 2.27. The van der Waals surface area contributed by atoms with Gasteiger partial charge in [-0.1, -0.05) is 12.1 Å². The molecule has 0 aromatic heterocycles. The summed E-state index contributed by atoms with van der Waals surface area (Å²) in [4.78, 5) is 14.7. The standard InChI is InChI=1S/C24H29FN4O2S/c1-29-11-3-5-18(14-29)15-8-10-22(21(25)13-15)32(26,31)28-24(30)27-23-19-6-2-4-16(19)12-17-7-9-20(17)23/h8,10,12-13,18H,2-7,9,11,14H2,1H3,(H3,26,27,28,30,31)/t18-,32+/m0/s1. The molecule has 0 radical (unpaired) electrons. The maximum Gasteiger partial charge on any atom is 0.354 e. The number of rotatable bonds is 3. The summed E-state index contributed by atoms with van der Waals surface area (Å²) >= 11 is 0. The second kappa shape index (κ2) is 8.24. The van der Waals surface area contributed by atoms with Crippen LogP contribution in [0.3, 0.4) is 0 Å². The maximum absolute atomic E-state index is 14.9. The molecular formula is C24H29FN4O2S. The number of hydrogen-bond donors (Lipinski definition) is 2. The first kappa shape index (κ1) is 21.6. The van der Waals surface area contributed by atoms with Crippen molar-refractivity contribution >= 4 is 21.6 Å². The highest BCUT2D eigenvalue weighted by molar-refractivity contribution is 7.91. The third kappa shape index (κ3) is 3.95. The van der Waals surface area contributed by atoms with Crippen LogP contribution in [0.15, 0.2) is 33.5 Å². The van der Waals surface area contributed by atoms with Crippen LogP contribution in [0.1, 0.15) is 53.0 Å². The SMILES string of the molecule is CN1CCC[C@H](c2ccc([S@](N)(=O)=NC(=O)Nc3c4c(cc5c3CC5)CCC4)c(F)c2)C1. The fourth-order valence-electron chi connectivity index (χ4n) is 5.34. The summed E-state index contributed by atoms with van der Waals surface area (Å²) in [5.74, 6) is -0.450. The minimum absolute atomic E-state index is 0.227. The molecule has 1 aliphatic heterocycles. The van der Waals surface area contributed by atoms with Gasteiger partial charge in [-0.3, -0.25) is 0 Å². The van der Waals surface area contributed by atoms with E-state index in [-0.39, 0.29) is 10.8 Å². The van der Waals surface area contributed by atoms with E-state index in [1.165, 1.54) is 23.3 Å². The number of fused-ring (bicyclic) bond motifs is 2. The van der Waals surface area contributed by atoms with Crippen LogP contribution in [0.5, 0.6) is 0 Å². The molecule has 2 amide bonds. The van der Waals surface area contributed by atoms with Crippen molar-refractivity contribution in [2.24, 2.45) is 9.50 Å². The zero-order chi connectivity index (χ0) is 22.5. The van der Waals surface area contributed by atoms with Gasteiger partial charge in [0, 0.05) is 12.2 Å². The fourth-order valence-corrected chi connectivity index (χ4v) is 6.33. The van der Waals surface area contributed by atoms with E-state index in [0.29, 0.717) is 0 Å². The molecule has 2 atom stereocenters. The minimum Gasteiger partial charge on any atom is -0.306 e. The van der Waals surface area contributed by atoms with Crippen LogP contribution in [0.4, 0.5) is 14.9 Å². The highest BCUT2D eigenvalue weighted by Crippen LogP contribution is 2.39. The second-order valence-electron chi connectivity index (χ2n) is 9.26. The molecule has 3 aliphatic rings. The van der Waals surface area contributed by atoms with Gasteiger partial charge in [0.05, 0.1) is 4.90 Å². The summed E-state index contributed by atoms with van der Waals surface area (Å²) in [5.41, 5.74) is 6.44. The predicted octanol–water partition coefficient (Wildman–Crippen LogP) is 4.15. The summed E-state index contributed by atoms with van der Waals surface area (Å²) in [7, 11) is -1.66. The largest absolute Gasteiger partial charge is 0.354 e. The first-order chi connectivity index (χ1) is 15.3. The van der Waals surface area contributed by atoms with E-state index in [4.69, 9.17) is 5.14 Å². The minimum atomic E-state index is -3.71. The number of carbonyl (C=O) groups is 1. The maximum atomic E-state index is 14.9. The van der Waals surface area contributed by atoms with Crippen LogP contribution in [-0.2, 0) is 35.6 Å². The van der Waals surface area contributed by atoms with Gasteiger partial charge in [0.25, 0.3) is 0 Å². The molecule has 0 bridgehead atoms. The van der Waals surface area contributed by atoms with Crippen molar-refractivity contribution in [1.82, 2.24) is 4.90 Å². The Labute approximate surface area is 188 Å². The van der Waals surface area contributed by atoms with Crippen LogP contribution < -0.4 is 10.5 Å². The Morgan fingerprint density at radius 1 is 1.16 bits per heavy atom. The van der Waals surface area contributed by atoms with E-state index in [9.17, 15) is 13.4 Å². The molecule has 1 heterocycles. The molecule has 2 aromatic rings. The van der Waals surface area contributed by atoms with E-state index < -0.39 is 21.8 Å². The zero-order valence-corrected chi connectivity index (χ0v) is 19.1. The number of piperidine rings is 1. The molecule has 2 aromatic carbocycles. The number of benzene rings is 2. The number of carbonyl (C=O) groups excluding carboxylic acids is 1. The van der Waals surface area contributed by atoms with E-state index in [2.05, 4.69) is 27.7 Å². The molecule has 3 N–H and O–H groups in total. The Bertz CT molecular complexity index is 1220. The Morgan fingerprint density at radius 2 is 1.94 bits per heavy atom. The smallest absolute Gasteiger partial charge is 0.306 e. The summed E-state index contributed by atoms with van der Waals surface area (Å²) in [6.07, 6.45) is 6.92. The summed E-state index contributed by atoms with van der Waals surface area (Å²) in [5, 5.41) is 8.71. The molecule has 0 saturated carbocycles. The number of anilines is 1. The number of amides is 2. The van der Waals surface area contributed by atoms with E-state index in [1.54, 1.807) is 6.07 Å². The van der Waals surface area contributed by atoms with Crippen molar-refractivity contribution in [3.05, 3.63) is 57.9 Å². The molecule has 32 heavy (non-hydrogen) atoms. The first-order valence-corrected chi connectivity index (χ1v) is 12.9. The third-order valence-corrected chi connectivity index (χ3v) is 8.46. The lowest BCUT2D eigenvalue weighted by Crippen LogP contribution is -2.30. The monoisotopic (exact) mass is 456 g/mol. The molecule has 170 valence electrons. The summed E-state index contributed by atoms with van der Waals surface area (Å²) < 4.78 is 31.7. The van der Waals surface area contributed by atoms with E-state index >= 15 is 0 Å². The molecule has 5 rings (SSSR count). The van der Waals surface area contributed by atoms with Gasteiger partial charge >= 0.3 is 6.03 Å². The number of likely N-dealkylation sites (N-methyl/N-ethyl adjacent to an activating group) is 1. The third-order valence-electron chi connectivity index (χ3n) is 7.06. The topological polar surface area (TPSA) is 87.8 Å². The molecule has 2 aliphatic carbocycles. The average molecular weight is 457 g/mol. The van der Waals surface area contributed by atoms with Gasteiger partial charge in [-0.2, -0.15) is 0 Å². The van der Waals surface area contributed by atoms with Gasteiger partial charge in [0.2, 0.25) is 0 Å². The van der Waals surface area contributed by atoms with Crippen LogP contribution in [0, 0.1) is 5.82 Å². The lowest BCUT2D eigenvalue weighted by atomic mass is 9.83. The number of nitrogens with zero attached hydrogens (tertiary/aromatic N) is 2. The summed E-state index contributed by atoms with van der Waals surface area (Å²) in [6, 6.07) is 6.02. The quantitative estimate of drug-likeness (QED) is 0.727. The molecule has 8 heteroatoms. The van der Waals surface area contributed by atoms with Crippen LogP contribution in [0.25, 0.3) is 0 Å². The Morgan fingerprint density at radius 3 is 2.66 bits per heavy atom. The van der Waals surface area contributed by atoms with Crippen LogP contribution in [-0.4, -0.2) is 35.3 Å². The number of nitrogens with one attached hydrogen (secondary N) is 1. The average Bonchev–Trinajstić information content (AvgIpc) is 3.18. The summed E-state index contributed by atoms with van der Waals surface area (Å²) in [6.45, 7) is 1.89. The van der Waals surface area contributed by atoms with Crippen molar-refractivity contribution in [2.45, 2.75) is 55.8 Å². The van der Waals surface area contributed by atoms with Crippen molar-refractivity contribution in [3.63, 3.8) is 0 Å². The van der Waals surface area contributed by atoms with Crippen molar-refractivity contribution in [2.75, 3.05) is 25.5 Å². The molecule has 0 unspecified atom stereocenters. The lowest BCUT2D eigenvalue weighted by Gasteiger charge is -2.30. The van der Waals surface area contributed by atoms with E-state index in [0.717, 1.165) is 80.4 Å². The second-order valence-corrected chi connectivity index (χ2v) is 11.0. The number of hydrogen-bond acceptors (Lipinski definition) is 3. The first-order valence-electron chi connectivity index (χ1n) is 11.3. The van der Waals surface area contributed by atoms with Crippen molar-refractivity contribution in [1.29, 1.82) is 0 Å². The molecule has 1 saturated heterocycles. The van der Waals surface area contributed by atoms with Gasteiger partial charge in [-0.05, 0) is 104 Å². The van der Waals surface area contributed by atoms with Crippen LogP contribution in [0.2, 0.25) is 0 Å². The zero-order valence-electron chi connectivity index (χ0n) is 18.3. The van der Waals surface area contributed by atoms with Gasteiger partial charge in [-0.25, -0.2) is 18.5 Å².